The van der Waals surface area contributed by atoms with Crippen LogP contribution in [0.1, 0.15) is 55.1 Å². The van der Waals surface area contributed by atoms with Gasteiger partial charge in [0.25, 0.3) is 5.91 Å². The molecule has 256 valence electrons. The number of halogens is 3. The number of quaternary nitrogens is 1. The lowest BCUT2D eigenvalue weighted by molar-refractivity contribution is -0.411. The standard InChI is InChI=1S/C21H25FN2O3.C16H17FN2O.ClH/c1-21(2,3)27-20(26)23-18(16-8-6-5-7-9-16)19(25)24(4)14-15-10-12-17(22)13-11-15;1-19(11-12-7-9-14(17)10-8-12)16(20)15(18)13-5-3-2-4-6-13;/h5-13,18H,14H2,1-4H3,(H,23,26);2-10,15H,11,18H2,1H3;1H/t18-;15-;/m00./s1. The van der Waals surface area contributed by atoms with E-state index in [1.54, 1.807) is 88.3 Å². The van der Waals surface area contributed by atoms with E-state index in [-0.39, 0.29) is 35.9 Å². The molecule has 0 aliphatic carbocycles. The van der Waals surface area contributed by atoms with Crippen LogP contribution in [0.5, 0.6) is 0 Å². The molecule has 0 aliphatic rings. The zero-order valence-electron chi connectivity index (χ0n) is 27.8. The van der Waals surface area contributed by atoms with Crippen molar-refractivity contribution in [2.45, 2.75) is 51.5 Å². The highest BCUT2D eigenvalue weighted by atomic mass is 35.5. The van der Waals surface area contributed by atoms with E-state index >= 15 is 0 Å². The van der Waals surface area contributed by atoms with Gasteiger partial charge >= 0.3 is 6.09 Å². The van der Waals surface area contributed by atoms with Crippen molar-refractivity contribution in [3.05, 3.63) is 143 Å². The molecule has 2 atom stereocenters. The van der Waals surface area contributed by atoms with Gasteiger partial charge in [-0.15, -0.1) is 0 Å². The molecule has 0 radical (unpaired) electrons. The zero-order chi connectivity index (χ0) is 34.6. The van der Waals surface area contributed by atoms with Crippen LogP contribution in [0.15, 0.2) is 109 Å². The first-order valence-corrected chi connectivity index (χ1v) is 15.1. The van der Waals surface area contributed by atoms with Gasteiger partial charge < -0.3 is 38.0 Å². The summed E-state index contributed by atoms with van der Waals surface area (Å²) in [5.74, 6) is -0.958. The van der Waals surface area contributed by atoms with Gasteiger partial charge in [0.2, 0.25) is 5.91 Å². The number of ether oxygens (including phenoxy) is 1. The maximum Gasteiger partial charge on any atom is 0.408 e. The third kappa shape index (κ3) is 12.8. The van der Waals surface area contributed by atoms with E-state index in [4.69, 9.17) is 4.74 Å². The lowest BCUT2D eigenvalue weighted by atomic mass is 10.1. The lowest BCUT2D eigenvalue weighted by Gasteiger charge is -2.27. The Hall–Kier alpha value is -4.80. The molecule has 48 heavy (non-hydrogen) atoms. The number of likely N-dealkylation sites (N-methyl/N-ethyl adjacent to an activating group) is 2. The van der Waals surface area contributed by atoms with Crippen molar-refractivity contribution in [3.63, 3.8) is 0 Å². The molecule has 4 aromatic carbocycles. The molecule has 0 heterocycles. The Balaban J connectivity index is 0.000000340. The SMILES string of the molecule is CN(Cc1ccc(F)cc1)C(=O)[C@@H](NC(=O)OC(C)(C)C)c1ccccc1.CN(Cc1ccc(F)cc1)C(=O)[C@@H]([NH3+])c1ccccc1.[Cl-]. The quantitative estimate of drug-likeness (QED) is 0.284. The summed E-state index contributed by atoms with van der Waals surface area (Å²) in [5, 5.41) is 2.65. The van der Waals surface area contributed by atoms with Crippen molar-refractivity contribution >= 4 is 17.9 Å². The number of nitrogens with one attached hydrogen (secondary N) is 1. The molecule has 8 nitrogen and oxygen atoms in total. The number of carbonyl (C=O) groups excluding carboxylic acids is 3. The minimum atomic E-state index is -0.883. The second-order valence-electron chi connectivity index (χ2n) is 12.1. The van der Waals surface area contributed by atoms with Gasteiger partial charge in [-0.3, -0.25) is 9.59 Å². The predicted octanol–water partition coefficient (Wildman–Crippen LogP) is 2.82. The Morgan fingerprint density at radius 1 is 0.688 bits per heavy atom. The highest BCUT2D eigenvalue weighted by Gasteiger charge is 2.28. The molecule has 4 rings (SSSR count). The fraction of sp³-hybridized carbons (Fsp3) is 0.270. The Morgan fingerprint density at radius 2 is 1.08 bits per heavy atom. The Bertz CT molecular complexity index is 1590. The first-order valence-electron chi connectivity index (χ1n) is 15.1. The fourth-order valence-electron chi connectivity index (χ4n) is 4.56. The van der Waals surface area contributed by atoms with Crippen molar-refractivity contribution in [2.24, 2.45) is 0 Å². The van der Waals surface area contributed by atoms with Crippen molar-refractivity contribution < 1.29 is 46.0 Å². The van der Waals surface area contributed by atoms with Crippen molar-refractivity contribution in [3.8, 4) is 0 Å². The van der Waals surface area contributed by atoms with Gasteiger partial charge in [0.1, 0.15) is 23.3 Å². The Morgan fingerprint density at radius 3 is 1.50 bits per heavy atom. The predicted molar refractivity (Wildman–Crippen MR) is 176 cm³/mol. The average molecular weight is 681 g/mol. The Kier molecular flexibility index (Phi) is 15.2. The highest BCUT2D eigenvalue weighted by molar-refractivity contribution is 5.87. The van der Waals surface area contributed by atoms with Gasteiger partial charge in [-0.2, -0.15) is 0 Å². The molecule has 0 aromatic heterocycles. The molecule has 11 heteroatoms. The fourth-order valence-corrected chi connectivity index (χ4v) is 4.56. The van der Waals surface area contributed by atoms with Gasteiger partial charge in [-0.05, 0) is 61.7 Å². The summed E-state index contributed by atoms with van der Waals surface area (Å²) >= 11 is 0. The van der Waals surface area contributed by atoms with Crippen molar-refractivity contribution in [1.82, 2.24) is 15.1 Å². The van der Waals surface area contributed by atoms with Gasteiger partial charge in [0.15, 0.2) is 6.04 Å². The summed E-state index contributed by atoms with van der Waals surface area (Å²) in [6.07, 6.45) is -0.667. The maximum atomic E-state index is 13.1. The van der Waals surface area contributed by atoms with Crippen LogP contribution in [0, 0.1) is 11.6 Å². The molecule has 4 aromatic rings. The summed E-state index contributed by atoms with van der Waals surface area (Å²) in [7, 11) is 3.37. The normalized spacial score (nSPS) is 11.8. The topological polar surface area (TPSA) is 107 Å². The van der Waals surface area contributed by atoms with E-state index in [1.165, 1.54) is 29.2 Å². The van der Waals surface area contributed by atoms with Gasteiger partial charge in [0, 0.05) is 32.7 Å². The lowest BCUT2D eigenvalue weighted by Crippen LogP contribution is -3.00. The second-order valence-corrected chi connectivity index (χ2v) is 12.1. The number of hydrogen-bond acceptors (Lipinski definition) is 4. The molecule has 0 aliphatic heterocycles. The average Bonchev–Trinajstić information content (AvgIpc) is 3.05. The molecule has 0 saturated carbocycles. The van der Waals surface area contributed by atoms with Crippen LogP contribution in [0.3, 0.4) is 0 Å². The van der Waals surface area contributed by atoms with Crippen LogP contribution in [0.2, 0.25) is 0 Å². The molecule has 4 N–H and O–H groups in total. The number of carbonyl (C=O) groups is 3. The van der Waals surface area contributed by atoms with Crippen molar-refractivity contribution in [2.75, 3.05) is 14.1 Å². The molecule has 0 bridgehead atoms. The third-order valence-corrected chi connectivity index (χ3v) is 6.96. The van der Waals surface area contributed by atoms with E-state index in [0.29, 0.717) is 18.7 Å². The van der Waals surface area contributed by atoms with E-state index in [1.807, 2.05) is 36.4 Å². The second kappa shape index (κ2) is 18.5. The van der Waals surface area contributed by atoms with Crippen LogP contribution >= 0.6 is 0 Å². The van der Waals surface area contributed by atoms with E-state index in [0.717, 1.165) is 16.7 Å². The van der Waals surface area contributed by atoms with E-state index in [2.05, 4.69) is 11.1 Å². The molecule has 0 unspecified atom stereocenters. The maximum absolute atomic E-state index is 13.1. The molecular formula is C37H43ClF2N4O4. The Labute approximate surface area is 287 Å². The number of nitrogens with zero attached hydrogens (tertiary/aromatic N) is 2. The van der Waals surface area contributed by atoms with Crippen LogP contribution in [0.4, 0.5) is 13.6 Å². The third-order valence-electron chi connectivity index (χ3n) is 6.96. The van der Waals surface area contributed by atoms with Gasteiger partial charge in [-0.1, -0.05) is 84.9 Å². The first kappa shape index (κ1) is 39.4. The smallest absolute Gasteiger partial charge is 0.408 e. The number of amides is 3. The van der Waals surface area contributed by atoms with Crippen LogP contribution in [0.25, 0.3) is 0 Å². The molecule has 0 fully saturated rings. The summed E-state index contributed by atoms with van der Waals surface area (Å²) in [6, 6.07) is 29.2. The van der Waals surface area contributed by atoms with Crippen LogP contribution < -0.4 is 23.5 Å². The zero-order valence-corrected chi connectivity index (χ0v) is 28.6. The van der Waals surface area contributed by atoms with Crippen LogP contribution in [-0.2, 0) is 27.4 Å². The molecular weight excluding hydrogens is 638 g/mol. The van der Waals surface area contributed by atoms with Gasteiger partial charge in [0.05, 0.1) is 0 Å². The minimum Gasteiger partial charge on any atom is -1.00 e. The van der Waals surface area contributed by atoms with E-state index in [9.17, 15) is 23.2 Å². The summed E-state index contributed by atoms with van der Waals surface area (Å²) in [5.41, 5.74) is 6.49. The van der Waals surface area contributed by atoms with Gasteiger partial charge in [-0.25, -0.2) is 13.6 Å². The number of alkyl carbamates (subject to hydrolysis) is 1. The highest BCUT2D eigenvalue weighted by Crippen LogP contribution is 2.19. The summed E-state index contributed by atoms with van der Waals surface area (Å²) in [4.78, 5) is 40.6. The summed E-state index contributed by atoms with van der Waals surface area (Å²) < 4.78 is 31.2. The monoisotopic (exact) mass is 680 g/mol. The summed E-state index contributed by atoms with van der Waals surface area (Å²) in [6.45, 7) is 6.00. The first-order chi connectivity index (χ1) is 22.2. The molecule has 3 amide bonds. The number of hydrogen-bond donors (Lipinski definition) is 2. The molecule has 0 saturated heterocycles. The van der Waals surface area contributed by atoms with Crippen LogP contribution in [-0.4, -0.2) is 47.4 Å². The van der Waals surface area contributed by atoms with Crippen molar-refractivity contribution in [1.29, 1.82) is 0 Å². The number of rotatable bonds is 9. The number of benzene rings is 4. The minimum absolute atomic E-state index is 0. The van der Waals surface area contributed by atoms with E-state index < -0.39 is 23.8 Å². The largest absolute Gasteiger partial charge is 1.00 e. The molecule has 0 spiro atoms.